The molecule has 0 aliphatic heterocycles. The van der Waals surface area contributed by atoms with Crippen molar-refractivity contribution < 1.29 is 4.79 Å². The molecule has 6 heteroatoms. The lowest BCUT2D eigenvalue weighted by molar-refractivity contribution is 0.251. The van der Waals surface area contributed by atoms with Gasteiger partial charge in [0.15, 0.2) is 0 Å². The molecular weight excluding hydrogens is 266 g/mol. The molecule has 6 nitrogen and oxygen atoms in total. The third kappa shape index (κ3) is 4.05. The van der Waals surface area contributed by atoms with Crippen molar-refractivity contribution in [3.63, 3.8) is 0 Å². The molecule has 0 radical (unpaired) electrons. The van der Waals surface area contributed by atoms with Crippen molar-refractivity contribution in [2.24, 2.45) is 0 Å². The average Bonchev–Trinajstić information content (AvgIpc) is 2.79. The normalized spacial score (nSPS) is 10.7. The number of anilines is 1. The van der Waals surface area contributed by atoms with Crippen molar-refractivity contribution in [3.05, 3.63) is 41.2 Å². The lowest BCUT2D eigenvalue weighted by atomic mass is 10.1. The van der Waals surface area contributed by atoms with Crippen LogP contribution in [-0.4, -0.2) is 20.8 Å². The minimum Gasteiger partial charge on any atom is -0.334 e. The van der Waals surface area contributed by atoms with Gasteiger partial charge in [0.05, 0.1) is 0 Å². The summed E-state index contributed by atoms with van der Waals surface area (Å²) in [6, 6.07) is 7.92. The second kappa shape index (κ2) is 6.39. The summed E-state index contributed by atoms with van der Waals surface area (Å²) in [5.41, 5.74) is 2.25. The number of aryl methyl sites for hydroxylation is 2. The van der Waals surface area contributed by atoms with Crippen LogP contribution >= 0.6 is 0 Å². The van der Waals surface area contributed by atoms with Gasteiger partial charge in [-0.05, 0) is 33.3 Å². The Labute approximate surface area is 124 Å². The number of nitrogens with one attached hydrogen (secondary N) is 2. The van der Waals surface area contributed by atoms with E-state index in [-0.39, 0.29) is 12.1 Å². The first kappa shape index (κ1) is 15.0. The molecule has 112 valence electrons. The molecule has 0 spiro atoms. The predicted octanol–water partition coefficient (Wildman–Crippen LogP) is 2.80. The molecule has 21 heavy (non-hydrogen) atoms. The lowest BCUT2D eigenvalue weighted by Crippen LogP contribution is -2.28. The number of benzene rings is 1. The predicted molar refractivity (Wildman–Crippen MR) is 82.2 cm³/mol. The third-order valence-corrected chi connectivity index (χ3v) is 3.09. The van der Waals surface area contributed by atoms with Gasteiger partial charge in [0.25, 0.3) is 0 Å². The molecular formula is C15H21N5O. The largest absolute Gasteiger partial charge is 0.334 e. The fraction of sp³-hybridized carbons (Fsp3) is 0.400. The first-order chi connectivity index (χ1) is 9.95. The third-order valence-electron chi connectivity index (χ3n) is 3.09. The molecule has 2 N–H and O–H groups in total. The lowest BCUT2D eigenvalue weighted by Gasteiger charge is -2.06. The van der Waals surface area contributed by atoms with Crippen molar-refractivity contribution in [2.75, 3.05) is 5.32 Å². The van der Waals surface area contributed by atoms with Crippen LogP contribution in [0.25, 0.3) is 0 Å². The fourth-order valence-electron chi connectivity index (χ4n) is 1.98. The summed E-state index contributed by atoms with van der Waals surface area (Å²) in [5.74, 6) is 1.10. The molecule has 1 heterocycles. The standard InChI is InChI=1S/C15H21N5O/c1-10(2)20-12(4)17-14(19-20)18-15(21)16-9-13-7-5-11(3)6-8-13/h5-8,10H,9H2,1-4H3,(H2,16,18,19,21). The highest BCUT2D eigenvalue weighted by Crippen LogP contribution is 2.09. The highest BCUT2D eigenvalue weighted by molar-refractivity contribution is 5.87. The molecule has 0 aliphatic carbocycles. The average molecular weight is 287 g/mol. The van der Waals surface area contributed by atoms with Gasteiger partial charge in [-0.2, -0.15) is 4.98 Å². The van der Waals surface area contributed by atoms with E-state index in [1.807, 2.05) is 52.0 Å². The van der Waals surface area contributed by atoms with Gasteiger partial charge in [-0.15, -0.1) is 5.10 Å². The number of urea groups is 1. The van der Waals surface area contributed by atoms with E-state index < -0.39 is 0 Å². The first-order valence-electron chi connectivity index (χ1n) is 6.99. The van der Waals surface area contributed by atoms with Crippen LogP contribution in [0.4, 0.5) is 10.7 Å². The molecule has 0 atom stereocenters. The van der Waals surface area contributed by atoms with Crippen LogP contribution in [-0.2, 0) is 6.54 Å². The van der Waals surface area contributed by atoms with Crippen LogP contribution < -0.4 is 10.6 Å². The van der Waals surface area contributed by atoms with Crippen LogP contribution in [0.3, 0.4) is 0 Å². The molecule has 0 bridgehead atoms. The zero-order valence-corrected chi connectivity index (χ0v) is 12.8. The maximum Gasteiger partial charge on any atom is 0.321 e. The van der Waals surface area contributed by atoms with E-state index in [9.17, 15) is 4.79 Å². The van der Waals surface area contributed by atoms with Gasteiger partial charge in [0.2, 0.25) is 5.95 Å². The van der Waals surface area contributed by atoms with Gasteiger partial charge in [-0.1, -0.05) is 29.8 Å². The number of nitrogens with zero attached hydrogens (tertiary/aromatic N) is 3. The number of aromatic nitrogens is 3. The SMILES string of the molecule is Cc1ccc(CNC(=O)Nc2nc(C)n(C(C)C)n2)cc1. The van der Waals surface area contributed by atoms with Crippen molar-refractivity contribution in [3.8, 4) is 0 Å². The number of hydrogen-bond donors (Lipinski definition) is 2. The summed E-state index contributed by atoms with van der Waals surface area (Å²) < 4.78 is 1.77. The van der Waals surface area contributed by atoms with Gasteiger partial charge in [-0.25, -0.2) is 9.48 Å². The molecule has 2 amide bonds. The second-order valence-electron chi connectivity index (χ2n) is 5.31. The maximum atomic E-state index is 11.8. The summed E-state index contributed by atoms with van der Waals surface area (Å²) in [7, 11) is 0. The Kier molecular flexibility index (Phi) is 4.57. The Balaban J connectivity index is 1.90. The molecule has 1 aromatic heterocycles. The van der Waals surface area contributed by atoms with E-state index >= 15 is 0 Å². The van der Waals surface area contributed by atoms with E-state index in [2.05, 4.69) is 20.7 Å². The monoisotopic (exact) mass is 287 g/mol. The molecule has 0 saturated carbocycles. The fourth-order valence-corrected chi connectivity index (χ4v) is 1.98. The molecule has 0 saturated heterocycles. The number of rotatable bonds is 4. The number of amides is 2. The molecule has 0 aliphatic rings. The van der Waals surface area contributed by atoms with Gasteiger partial charge >= 0.3 is 6.03 Å². The summed E-state index contributed by atoms with van der Waals surface area (Å²) >= 11 is 0. The van der Waals surface area contributed by atoms with Crippen LogP contribution in [0.5, 0.6) is 0 Å². The summed E-state index contributed by atoms with van der Waals surface area (Å²) in [6.07, 6.45) is 0. The van der Waals surface area contributed by atoms with E-state index in [0.29, 0.717) is 12.5 Å². The summed E-state index contributed by atoms with van der Waals surface area (Å²) in [5, 5.41) is 9.68. The summed E-state index contributed by atoms with van der Waals surface area (Å²) in [4.78, 5) is 16.1. The first-order valence-corrected chi connectivity index (χ1v) is 6.99. The zero-order valence-electron chi connectivity index (χ0n) is 12.8. The highest BCUT2D eigenvalue weighted by atomic mass is 16.2. The van der Waals surface area contributed by atoms with Gasteiger partial charge < -0.3 is 5.32 Å². The Bertz CT molecular complexity index is 615. The molecule has 0 fully saturated rings. The Morgan fingerprint density at radius 3 is 2.48 bits per heavy atom. The van der Waals surface area contributed by atoms with E-state index in [4.69, 9.17) is 0 Å². The van der Waals surface area contributed by atoms with Gasteiger partial charge in [0, 0.05) is 12.6 Å². The zero-order chi connectivity index (χ0) is 15.4. The van der Waals surface area contributed by atoms with Crippen molar-refractivity contribution in [1.29, 1.82) is 0 Å². The molecule has 2 rings (SSSR count). The molecule has 0 unspecified atom stereocenters. The summed E-state index contributed by atoms with van der Waals surface area (Å²) in [6.45, 7) is 8.40. The smallest absolute Gasteiger partial charge is 0.321 e. The van der Waals surface area contributed by atoms with E-state index in [1.54, 1.807) is 4.68 Å². The topological polar surface area (TPSA) is 71.8 Å². The van der Waals surface area contributed by atoms with Gasteiger partial charge in [-0.3, -0.25) is 5.32 Å². The number of carbonyl (C=O) groups is 1. The van der Waals surface area contributed by atoms with Crippen molar-refractivity contribution in [1.82, 2.24) is 20.1 Å². The Hall–Kier alpha value is -2.37. The number of hydrogen-bond acceptors (Lipinski definition) is 3. The van der Waals surface area contributed by atoms with Crippen LogP contribution in [0.15, 0.2) is 24.3 Å². The van der Waals surface area contributed by atoms with Crippen LogP contribution in [0, 0.1) is 13.8 Å². The van der Waals surface area contributed by atoms with Crippen molar-refractivity contribution >= 4 is 12.0 Å². The van der Waals surface area contributed by atoms with E-state index in [0.717, 1.165) is 11.4 Å². The van der Waals surface area contributed by atoms with Crippen LogP contribution in [0.2, 0.25) is 0 Å². The minimum atomic E-state index is -0.309. The highest BCUT2D eigenvalue weighted by Gasteiger charge is 2.11. The quantitative estimate of drug-likeness (QED) is 0.908. The van der Waals surface area contributed by atoms with Crippen molar-refractivity contribution in [2.45, 2.75) is 40.3 Å². The maximum absolute atomic E-state index is 11.8. The number of carbonyl (C=O) groups excluding carboxylic acids is 1. The molecule has 2 aromatic rings. The van der Waals surface area contributed by atoms with Crippen LogP contribution in [0.1, 0.15) is 36.8 Å². The molecule has 1 aromatic carbocycles. The minimum absolute atomic E-state index is 0.212. The second-order valence-corrected chi connectivity index (χ2v) is 5.31. The Morgan fingerprint density at radius 1 is 1.24 bits per heavy atom. The Morgan fingerprint density at radius 2 is 1.90 bits per heavy atom. The van der Waals surface area contributed by atoms with Gasteiger partial charge in [0.1, 0.15) is 5.82 Å². The van der Waals surface area contributed by atoms with E-state index in [1.165, 1.54) is 5.56 Å².